The third kappa shape index (κ3) is 2.03. The van der Waals surface area contributed by atoms with Crippen molar-refractivity contribution in [2.45, 2.75) is 19.8 Å². The Morgan fingerprint density at radius 2 is 2.17 bits per heavy atom. The van der Waals surface area contributed by atoms with Gasteiger partial charge in [-0.05, 0) is 30.9 Å². The monoisotopic (exact) mass is 259 g/mol. The Morgan fingerprint density at radius 3 is 3.00 bits per heavy atom. The molecule has 0 amide bonds. The molecule has 2 nitrogen and oxygen atoms in total. The second kappa shape index (κ2) is 4.73. The molecule has 0 unspecified atom stereocenters. The number of hydrogen-bond donors (Lipinski definition) is 0. The van der Waals surface area contributed by atoms with Gasteiger partial charge in [0.1, 0.15) is 0 Å². The molecule has 3 heteroatoms. The van der Waals surface area contributed by atoms with Crippen molar-refractivity contribution in [2.24, 2.45) is 5.92 Å². The van der Waals surface area contributed by atoms with Gasteiger partial charge in [-0.1, -0.05) is 19.1 Å². The van der Waals surface area contributed by atoms with Gasteiger partial charge in [-0.25, -0.2) is 0 Å². The summed E-state index contributed by atoms with van der Waals surface area (Å²) in [5.41, 5.74) is 1.09. The molecule has 0 saturated carbocycles. The molecular formula is C15H17NOS. The SMILES string of the molecule is C[C@H]1CCCN(c2csc3ccccc3c2=O)C1. The minimum Gasteiger partial charge on any atom is -0.367 e. The van der Waals surface area contributed by atoms with E-state index >= 15 is 0 Å². The summed E-state index contributed by atoms with van der Waals surface area (Å²) in [7, 11) is 0. The van der Waals surface area contributed by atoms with Crippen molar-refractivity contribution in [1.82, 2.24) is 0 Å². The van der Waals surface area contributed by atoms with Crippen LogP contribution in [0, 0.1) is 5.92 Å². The van der Waals surface area contributed by atoms with Crippen molar-refractivity contribution < 1.29 is 0 Å². The van der Waals surface area contributed by atoms with Crippen LogP contribution in [-0.2, 0) is 0 Å². The van der Waals surface area contributed by atoms with Crippen LogP contribution >= 0.6 is 11.3 Å². The van der Waals surface area contributed by atoms with Crippen molar-refractivity contribution in [3.05, 3.63) is 39.9 Å². The Balaban J connectivity index is 2.07. The van der Waals surface area contributed by atoms with E-state index in [2.05, 4.69) is 11.8 Å². The minimum atomic E-state index is 0.193. The van der Waals surface area contributed by atoms with E-state index in [1.165, 1.54) is 12.8 Å². The van der Waals surface area contributed by atoms with Crippen molar-refractivity contribution in [3.63, 3.8) is 0 Å². The van der Waals surface area contributed by atoms with Gasteiger partial charge in [0, 0.05) is 28.6 Å². The van der Waals surface area contributed by atoms with Crippen LogP contribution < -0.4 is 10.3 Å². The zero-order valence-corrected chi connectivity index (χ0v) is 11.4. The highest BCUT2D eigenvalue weighted by Gasteiger charge is 2.19. The van der Waals surface area contributed by atoms with Crippen LogP contribution in [0.1, 0.15) is 19.8 Å². The molecule has 18 heavy (non-hydrogen) atoms. The minimum absolute atomic E-state index is 0.193. The van der Waals surface area contributed by atoms with Gasteiger partial charge in [-0.15, -0.1) is 11.3 Å². The zero-order valence-electron chi connectivity index (χ0n) is 10.6. The lowest BCUT2D eigenvalue weighted by atomic mass is 10.00. The lowest BCUT2D eigenvalue weighted by molar-refractivity contribution is 0.446. The van der Waals surface area contributed by atoms with Crippen LogP contribution in [0.4, 0.5) is 5.69 Å². The van der Waals surface area contributed by atoms with Gasteiger partial charge in [0.05, 0.1) is 5.69 Å². The van der Waals surface area contributed by atoms with Crippen LogP contribution in [0.15, 0.2) is 34.4 Å². The van der Waals surface area contributed by atoms with Crippen molar-refractivity contribution in [3.8, 4) is 0 Å². The van der Waals surface area contributed by atoms with E-state index in [4.69, 9.17) is 0 Å². The van der Waals surface area contributed by atoms with E-state index in [1.807, 2.05) is 29.6 Å². The first-order chi connectivity index (χ1) is 8.75. The molecule has 2 aromatic rings. The molecule has 0 spiro atoms. The quantitative estimate of drug-likeness (QED) is 0.781. The Kier molecular flexibility index (Phi) is 3.08. The van der Waals surface area contributed by atoms with Gasteiger partial charge in [0.25, 0.3) is 0 Å². The second-order valence-corrected chi connectivity index (χ2v) is 6.05. The van der Waals surface area contributed by atoms with Gasteiger partial charge in [-0.3, -0.25) is 4.79 Å². The molecule has 1 aliphatic heterocycles. The summed E-state index contributed by atoms with van der Waals surface area (Å²) in [5, 5.41) is 2.89. The normalized spacial score (nSPS) is 20.3. The van der Waals surface area contributed by atoms with Crippen LogP contribution in [0.25, 0.3) is 10.1 Å². The van der Waals surface area contributed by atoms with Gasteiger partial charge in [-0.2, -0.15) is 0 Å². The summed E-state index contributed by atoms with van der Waals surface area (Å²) in [6.45, 7) is 4.30. The fraction of sp³-hybridized carbons (Fsp3) is 0.400. The molecular weight excluding hydrogens is 242 g/mol. The third-order valence-electron chi connectivity index (χ3n) is 3.66. The Hall–Kier alpha value is -1.35. The molecule has 1 aromatic heterocycles. The number of fused-ring (bicyclic) bond motifs is 1. The second-order valence-electron chi connectivity index (χ2n) is 5.14. The van der Waals surface area contributed by atoms with E-state index in [9.17, 15) is 4.79 Å². The first-order valence-electron chi connectivity index (χ1n) is 6.51. The number of nitrogens with zero attached hydrogens (tertiary/aromatic N) is 1. The largest absolute Gasteiger partial charge is 0.367 e. The highest BCUT2D eigenvalue weighted by molar-refractivity contribution is 7.16. The lowest BCUT2D eigenvalue weighted by Crippen LogP contribution is -2.36. The summed E-state index contributed by atoms with van der Waals surface area (Å²) in [4.78, 5) is 14.8. The molecule has 1 aliphatic rings. The topological polar surface area (TPSA) is 20.3 Å². The third-order valence-corrected chi connectivity index (χ3v) is 4.61. The lowest BCUT2D eigenvalue weighted by Gasteiger charge is -2.32. The number of anilines is 1. The first kappa shape index (κ1) is 11.7. The maximum absolute atomic E-state index is 12.5. The summed E-state index contributed by atoms with van der Waals surface area (Å²) in [6, 6.07) is 7.88. The summed E-state index contributed by atoms with van der Waals surface area (Å²) in [6.07, 6.45) is 2.47. The molecule has 0 radical (unpaired) electrons. The molecule has 94 valence electrons. The number of hydrogen-bond acceptors (Lipinski definition) is 3. The predicted octanol–water partition coefficient (Wildman–Crippen LogP) is 3.50. The molecule has 0 N–H and O–H groups in total. The maximum atomic E-state index is 12.5. The fourth-order valence-corrected chi connectivity index (χ4v) is 3.63. The molecule has 1 saturated heterocycles. The maximum Gasteiger partial charge on any atom is 0.211 e. The highest BCUT2D eigenvalue weighted by atomic mass is 32.1. The number of benzene rings is 1. The smallest absolute Gasteiger partial charge is 0.211 e. The number of piperidine rings is 1. The van der Waals surface area contributed by atoms with Gasteiger partial charge in [0.15, 0.2) is 0 Å². The zero-order chi connectivity index (χ0) is 12.5. The summed E-state index contributed by atoms with van der Waals surface area (Å²) in [5.74, 6) is 0.689. The molecule has 0 bridgehead atoms. The van der Waals surface area contributed by atoms with E-state index in [1.54, 1.807) is 11.3 Å². The summed E-state index contributed by atoms with van der Waals surface area (Å²) < 4.78 is 1.08. The van der Waals surface area contributed by atoms with Crippen molar-refractivity contribution in [2.75, 3.05) is 18.0 Å². The van der Waals surface area contributed by atoms with E-state index in [0.29, 0.717) is 5.92 Å². The summed E-state index contributed by atoms with van der Waals surface area (Å²) >= 11 is 1.67. The number of rotatable bonds is 1. The Bertz CT molecular complexity index is 619. The average Bonchev–Trinajstić information content (AvgIpc) is 2.39. The van der Waals surface area contributed by atoms with Crippen LogP contribution in [0.2, 0.25) is 0 Å². The van der Waals surface area contributed by atoms with Gasteiger partial charge < -0.3 is 4.90 Å². The molecule has 1 atom stereocenters. The molecule has 0 aliphatic carbocycles. The van der Waals surface area contributed by atoms with Crippen LogP contribution in [0.5, 0.6) is 0 Å². The standard InChI is InChI=1S/C15H17NOS/c1-11-5-4-8-16(9-11)13-10-18-14-7-3-2-6-12(14)15(13)17/h2-3,6-7,10-11H,4-5,8-9H2,1H3/t11-/m0/s1. The molecule has 2 heterocycles. The van der Waals surface area contributed by atoms with E-state index in [0.717, 1.165) is 28.9 Å². The Morgan fingerprint density at radius 1 is 1.33 bits per heavy atom. The average molecular weight is 259 g/mol. The van der Waals surface area contributed by atoms with E-state index < -0.39 is 0 Å². The first-order valence-corrected chi connectivity index (χ1v) is 7.39. The van der Waals surface area contributed by atoms with Gasteiger partial charge >= 0.3 is 0 Å². The fourth-order valence-electron chi connectivity index (χ4n) is 2.69. The van der Waals surface area contributed by atoms with Crippen LogP contribution in [0.3, 0.4) is 0 Å². The molecule has 3 rings (SSSR count). The van der Waals surface area contributed by atoms with E-state index in [-0.39, 0.29) is 5.43 Å². The predicted molar refractivity (Wildman–Crippen MR) is 78.7 cm³/mol. The molecule has 1 aromatic carbocycles. The van der Waals surface area contributed by atoms with Crippen molar-refractivity contribution >= 4 is 27.1 Å². The molecule has 1 fully saturated rings. The highest BCUT2D eigenvalue weighted by Crippen LogP contribution is 2.25. The Labute approximate surface area is 111 Å². The van der Waals surface area contributed by atoms with Gasteiger partial charge in [0.2, 0.25) is 5.43 Å². The van der Waals surface area contributed by atoms with Crippen molar-refractivity contribution in [1.29, 1.82) is 0 Å². The van der Waals surface area contributed by atoms with Crippen LogP contribution in [-0.4, -0.2) is 13.1 Å².